The van der Waals surface area contributed by atoms with Crippen molar-refractivity contribution in [3.63, 3.8) is 0 Å². The summed E-state index contributed by atoms with van der Waals surface area (Å²) in [5, 5.41) is 9.29. The van der Waals surface area contributed by atoms with E-state index in [4.69, 9.17) is 31.4 Å². The van der Waals surface area contributed by atoms with E-state index in [2.05, 4.69) is 0 Å². The average molecular weight is 336 g/mol. The molecule has 1 aromatic heterocycles. The van der Waals surface area contributed by atoms with Crippen LogP contribution in [0.25, 0.3) is 11.3 Å². The molecule has 0 spiro atoms. The van der Waals surface area contributed by atoms with Crippen molar-refractivity contribution in [2.24, 2.45) is 0 Å². The third-order valence-corrected chi connectivity index (χ3v) is 5.53. The van der Waals surface area contributed by atoms with Gasteiger partial charge in [-0.05, 0) is 0 Å². The summed E-state index contributed by atoms with van der Waals surface area (Å²) in [6, 6.07) is 10.9. The Morgan fingerprint density at radius 3 is 2.36 bits per heavy atom. The number of hydrogen-bond donors (Lipinski definition) is 1. The molecule has 6 nitrogen and oxygen atoms in total. The monoisotopic (exact) mass is 336 g/mol. The van der Waals surface area contributed by atoms with Crippen molar-refractivity contribution in [3.05, 3.63) is 40.4 Å². The minimum atomic E-state index is -3.73. The summed E-state index contributed by atoms with van der Waals surface area (Å²) in [5.74, 6) is 0.0167. The second kappa shape index (κ2) is 6.42. The first-order chi connectivity index (χ1) is 10.5. The largest absolute Gasteiger partial charge is 0.438 e. The Labute approximate surface area is 132 Å². The van der Waals surface area contributed by atoms with Crippen LogP contribution < -0.4 is 11.0 Å². The van der Waals surface area contributed by atoms with Gasteiger partial charge in [-0.25, -0.2) is 0 Å². The average Bonchev–Trinajstić information content (AvgIpc) is 2.55. The number of hydrogen-bond acceptors (Lipinski definition) is 7. The molecular weight excluding hydrogens is 323 g/mol. The molecule has 2 aromatic rings. The summed E-state index contributed by atoms with van der Waals surface area (Å²) in [4.78, 5) is 0. The lowest BCUT2D eigenvalue weighted by Gasteiger charge is -2.16. The van der Waals surface area contributed by atoms with Crippen molar-refractivity contribution >= 4 is 31.0 Å². The summed E-state index contributed by atoms with van der Waals surface area (Å²) < 4.78 is 27.8. The van der Waals surface area contributed by atoms with Crippen molar-refractivity contribution in [2.45, 2.75) is 0 Å². The van der Waals surface area contributed by atoms with Crippen LogP contribution in [-0.4, -0.2) is 14.2 Å². The van der Waals surface area contributed by atoms with Gasteiger partial charge in [-0.3, -0.25) is 4.57 Å². The number of nitrogens with two attached hydrogens (primary N) is 1. The van der Waals surface area contributed by atoms with Crippen LogP contribution in [-0.2, 0) is 13.6 Å². The van der Waals surface area contributed by atoms with E-state index in [9.17, 15) is 9.83 Å². The molecule has 0 aliphatic heterocycles. The maximum absolute atomic E-state index is 12.5. The molecule has 0 fully saturated rings. The van der Waals surface area contributed by atoms with Gasteiger partial charge in [0.15, 0.2) is 5.76 Å². The first-order valence-electron chi connectivity index (χ1n) is 6.12. The van der Waals surface area contributed by atoms with Gasteiger partial charge in [0, 0.05) is 19.8 Å². The van der Waals surface area contributed by atoms with Gasteiger partial charge >= 0.3 is 7.60 Å². The highest BCUT2D eigenvalue weighted by molar-refractivity contribution is 7.73. The Balaban J connectivity index is 2.83. The zero-order valence-corrected chi connectivity index (χ0v) is 13.6. The van der Waals surface area contributed by atoms with E-state index in [1.807, 2.05) is 12.1 Å². The summed E-state index contributed by atoms with van der Waals surface area (Å²) >= 11 is 5.25. The SMILES string of the molecule is COP(=O)(OC)c1c(N)oc(-c2ccccc2)c(C#N)c1=S. The van der Waals surface area contributed by atoms with E-state index >= 15 is 0 Å². The van der Waals surface area contributed by atoms with Gasteiger partial charge in [-0.15, -0.1) is 0 Å². The number of rotatable bonds is 4. The molecule has 114 valence electrons. The Morgan fingerprint density at radius 1 is 1.27 bits per heavy atom. The lowest BCUT2D eigenvalue weighted by Crippen LogP contribution is -2.16. The molecule has 0 saturated carbocycles. The lowest BCUT2D eigenvalue weighted by atomic mass is 10.1. The predicted molar refractivity (Wildman–Crippen MR) is 85.4 cm³/mol. The molecule has 0 bridgehead atoms. The molecule has 2 rings (SSSR count). The number of benzene rings is 1. The zero-order chi connectivity index (χ0) is 16.3. The summed E-state index contributed by atoms with van der Waals surface area (Å²) in [6.45, 7) is 0. The predicted octanol–water partition coefficient (Wildman–Crippen LogP) is 3.24. The maximum Gasteiger partial charge on any atom is 0.367 e. The standard InChI is InChI=1S/C14H13N2O4PS/c1-18-21(17,19-2)12-13(22)10(8-15)11(20-14(12)16)9-6-4-3-5-7-9/h3-7H,16H2,1-2H3. The number of nitrogen functional groups attached to an aromatic ring is 1. The molecule has 1 aromatic carbocycles. The van der Waals surface area contributed by atoms with Crippen LogP contribution in [0.1, 0.15) is 5.56 Å². The smallest absolute Gasteiger partial charge is 0.367 e. The fourth-order valence-electron chi connectivity index (χ4n) is 1.95. The fraction of sp³-hybridized carbons (Fsp3) is 0.143. The highest BCUT2D eigenvalue weighted by atomic mass is 32.1. The Bertz CT molecular complexity index is 834. The summed E-state index contributed by atoms with van der Waals surface area (Å²) in [5.41, 5.74) is 6.53. The molecule has 0 radical (unpaired) electrons. The van der Waals surface area contributed by atoms with Crippen LogP contribution in [0.3, 0.4) is 0 Å². The molecule has 8 heteroatoms. The first-order valence-corrected chi connectivity index (χ1v) is 8.07. The molecular formula is C14H13N2O4PS. The lowest BCUT2D eigenvalue weighted by molar-refractivity contribution is 0.287. The Kier molecular flexibility index (Phi) is 4.79. The molecule has 0 aliphatic carbocycles. The fourth-order valence-corrected chi connectivity index (χ4v) is 3.72. The molecule has 1 heterocycles. The molecule has 0 amide bonds. The van der Waals surface area contributed by atoms with Crippen LogP contribution in [0, 0.1) is 15.8 Å². The molecule has 22 heavy (non-hydrogen) atoms. The highest BCUT2D eigenvalue weighted by Crippen LogP contribution is 2.48. The van der Waals surface area contributed by atoms with E-state index < -0.39 is 7.60 Å². The van der Waals surface area contributed by atoms with Gasteiger partial charge in [0.1, 0.15) is 16.9 Å². The van der Waals surface area contributed by atoms with E-state index in [1.165, 1.54) is 14.2 Å². The maximum atomic E-state index is 12.5. The quantitative estimate of drug-likeness (QED) is 0.676. The van der Waals surface area contributed by atoms with E-state index in [0.29, 0.717) is 5.56 Å². The highest BCUT2D eigenvalue weighted by Gasteiger charge is 2.33. The molecule has 0 unspecified atom stereocenters. The molecule has 2 N–H and O–H groups in total. The first kappa shape index (κ1) is 16.4. The second-order valence-electron chi connectivity index (χ2n) is 4.19. The van der Waals surface area contributed by atoms with Gasteiger partial charge in [-0.2, -0.15) is 5.26 Å². The minimum absolute atomic E-state index is 0.00265. The zero-order valence-electron chi connectivity index (χ0n) is 11.9. The van der Waals surface area contributed by atoms with E-state index in [1.54, 1.807) is 24.3 Å². The van der Waals surface area contributed by atoms with Crippen LogP contribution >= 0.6 is 19.8 Å². The van der Waals surface area contributed by atoms with Crippen LogP contribution in [0.15, 0.2) is 34.7 Å². The molecule has 0 atom stereocenters. The third kappa shape index (κ3) is 2.70. The van der Waals surface area contributed by atoms with Gasteiger partial charge in [0.05, 0.1) is 4.51 Å². The third-order valence-electron chi connectivity index (χ3n) is 3.02. The van der Waals surface area contributed by atoms with Crippen molar-refractivity contribution in [3.8, 4) is 17.4 Å². The number of nitrogens with zero attached hydrogens (tertiary/aromatic N) is 1. The van der Waals surface area contributed by atoms with Gasteiger partial charge in [-0.1, -0.05) is 42.5 Å². The van der Waals surface area contributed by atoms with Gasteiger partial charge in [0.2, 0.25) is 5.88 Å². The summed E-state index contributed by atoms with van der Waals surface area (Å²) in [7, 11) is -1.33. The van der Waals surface area contributed by atoms with Crippen molar-refractivity contribution in [2.75, 3.05) is 20.0 Å². The number of nitriles is 1. The van der Waals surface area contributed by atoms with Gasteiger partial charge < -0.3 is 19.2 Å². The topological polar surface area (TPSA) is 98.5 Å². The van der Waals surface area contributed by atoms with Crippen LogP contribution in [0.2, 0.25) is 0 Å². The van der Waals surface area contributed by atoms with Crippen molar-refractivity contribution < 1.29 is 18.0 Å². The van der Waals surface area contributed by atoms with Crippen LogP contribution in [0.5, 0.6) is 0 Å². The Hall–Kier alpha value is -1.97. The van der Waals surface area contributed by atoms with E-state index in [0.717, 1.165) is 0 Å². The minimum Gasteiger partial charge on any atom is -0.438 e. The second-order valence-corrected chi connectivity index (χ2v) is 6.77. The number of anilines is 1. The van der Waals surface area contributed by atoms with Crippen molar-refractivity contribution in [1.29, 1.82) is 5.26 Å². The molecule has 0 saturated heterocycles. The van der Waals surface area contributed by atoms with E-state index in [-0.39, 0.29) is 27.0 Å². The summed E-state index contributed by atoms with van der Waals surface area (Å²) in [6.07, 6.45) is 0. The van der Waals surface area contributed by atoms with Gasteiger partial charge in [0.25, 0.3) is 0 Å². The Morgan fingerprint density at radius 2 is 1.86 bits per heavy atom. The van der Waals surface area contributed by atoms with Crippen molar-refractivity contribution in [1.82, 2.24) is 0 Å². The molecule has 0 aliphatic rings. The normalized spacial score (nSPS) is 11.1. The van der Waals surface area contributed by atoms with Crippen LogP contribution in [0.4, 0.5) is 5.88 Å².